The zero-order chi connectivity index (χ0) is 28.9. The Morgan fingerprint density at radius 1 is 1.23 bits per heavy atom. The maximum absolute atomic E-state index is 13.8. The van der Waals surface area contributed by atoms with Crippen LogP contribution in [-0.4, -0.2) is 60.4 Å². The van der Waals surface area contributed by atoms with Crippen LogP contribution in [0.5, 0.6) is 0 Å². The molecule has 0 saturated carbocycles. The van der Waals surface area contributed by atoms with E-state index in [2.05, 4.69) is 52.9 Å². The average Bonchev–Trinajstić information content (AvgIpc) is 3.24. The number of piperidine rings is 1. The molecule has 3 aromatic heterocycles. The zero-order valence-electron chi connectivity index (χ0n) is 23.5. The van der Waals surface area contributed by atoms with Crippen LogP contribution in [0.25, 0.3) is 11.1 Å². The Bertz CT molecular complexity index is 1340. The number of rotatable bonds is 9. The summed E-state index contributed by atoms with van der Waals surface area (Å²) in [6.45, 7) is 9.69. The summed E-state index contributed by atoms with van der Waals surface area (Å²) in [7, 11) is 1.66. The topological polar surface area (TPSA) is 131 Å². The maximum Gasteiger partial charge on any atom is 0.414 e. The van der Waals surface area contributed by atoms with E-state index in [0.29, 0.717) is 29.3 Å². The van der Waals surface area contributed by atoms with Gasteiger partial charge in [0.15, 0.2) is 5.58 Å². The third-order valence-electron chi connectivity index (χ3n) is 6.44. The first-order valence-corrected chi connectivity index (χ1v) is 14.1. The summed E-state index contributed by atoms with van der Waals surface area (Å²) in [6.07, 6.45) is 6.87. The van der Waals surface area contributed by atoms with Crippen LogP contribution in [0.3, 0.4) is 0 Å². The largest absolute Gasteiger partial charge is 0.444 e. The molecule has 0 radical (unpaired) electrons. The number of carbonyl (C=O) groups excluding carboxylic acids is 2. The van der Waals surface area contributed by atoms with Crippen LogP contribution in [0.15, 0.2) is 35.1 Å². The number of hydrogen-bond donors (Lipinski definition) is 3. The van der Waals surface area contributed by atoms with Crippen molar-refractivity contribution >= 4 is 56.5 Å². The smallest absolute Gasteiger partial charge is 0.414 e. The molecule has 3 aromatic rings. The van der Waals surface area contributed by atoms with E-state index in [9.17, 15) is 9.59 Å². The van der Waals surface area contributed by atoms with Crippen molar-refractivity contribution in [3.8, 4) is 0 Å². The fourth-order valence-electron chi connectivity index (χ4n) is 4.84. The summed E-state index contributed by atoms with van der Waals surface area (Å²) in [5.41, 5.74) is 2.41. The molecule has 216 valence electrons. The highest BCUT2D eigenvalue weighted by Crippen LogP contribution is 2.33. The van der Waals surface area contributed by atoms with E-state index in [1.54, 1.807) is 46.5 Å². The Labute approximate surface area is 242 Å². The van der Waals surface area contributed by atoms with Crippen molar-refractivity contribution in [3.63, 3.8) is 0 Å². The van der Waals surface area contributed by atoms with Gasteiger partial charge in [0.2, 0.25) is 5.88 Å². The Morgan fingerprint density at radius 3 is 2.75 bits per heavy atom. The number of aromatic nitrogens is 2. The molecule has 0 aromatic carbocycles. The molecular formula is C28H37BrN6O5. The number of halogens is 1. The third-order valence-corrected chi connectivity index (χ3v) is 7.09. The number of amides is 2. The minimum Gasteiger partial charge on any atom is -0.444 e. The van der Waals surface area contributed by atoms with Crippen molar-refractivity contribution in [1.82, 2.24) is 14.3 Å². The molecule has 11 nitrogen and oxygen atoms in total. The fraction of sp³-hybridized carbons (Fsp3) is 0.500. The quantitative estimate of drug-likeness (QED) is 0.210. The summed E-state index contributed by atoms with van der Waals surface area (Å²) < 4.78 is 19.7. The number of ether oxygens (including phenoxy) is 2. The molecule has 1 fully saturated rings. The number of methoxy groups -OCH3 is 1. The van der Waals surface area contributed by atoms with Gasteiger partial charge in [-0.2, -0.15) is 0 Å². The molecule has 1 aliphatic heterocycles. The summed E-state index contributed by atoms with van der Waals surface area (Å²) in [4.78, 5) is 37.5. The zero-order valence-corrected chi connectivity index (χ0v) is 25.1. The normalized spacial score (nSPS) is 17.6. The lowest BCUT2D eigenvalue weighted by Crippen LogP contribution is -2.46. The summed E-state index contributed by atoms with van der Waals surface area (Å²) >= 11 is 3.39. The van der Waals surface area contributed by atoms with E-state index >= 15 is 0 Å². The van der Waals surface area contributed by atoms with E-state index in [0.717, 1.165) is 43.6 Å². The van der Waals surface area contributed by atoms with E-state index in [4.69, 9.17) is 13.9 Å². The second-order valence-electron chi connectivity index (χ2n) is 11.1. The van der Waals surface area contributed by atoms with Crippen molar-refractivity contribution in [1.29, 1.82) is 0 Å². The molecule has 1 saturated heterocycles. The van der Waals surface area contributed by atoms with Gasteiger partial charge in [0.05, 0.1) is 17.6 Å². The number of furan rings is 1. The van der Waals surface area contributed by atoms with Crippen molar-refractivity contribution in [3.05, 3.63) is 41.9 Å². The van der Waals surface area contributed by atoms with Crippen LogP contribution in [-0.2, 0) is 15.9 Å². The van der Waals surface area contributed by atoms with Crippen LogP contribution >= 0.6 is 16.1 Å². The van der Waals surface area contributed by atoms with Crippen molar-refractivity contribution < 1.29 is 23.5 Å². The van der Waals surface area contributed by atoms with Gasteiger partial charge in [0.25, 0.3) is 5.91 Å². The standard InChI is InChI=1S/C28H37BrN6O5/c1-17-11-19(34-29)16-35(15-17)21-8-9-30-14-20(21)32-25(36)23-24-22(12-18(13-31-24)7-6-10-38-5)39-26(23)33-27(37)40-28(2,3)4/h8-9,12-14,17,19,34H,6-7,10-11,15-16H2,1-5H3,(H,32,36)(H,33,37)/t17-,19?/m1/s1. The average molecular weight is 618 g/mol. The highest BCUT2D eigenvalue weighted by Gasteiger charge is 2.29. The molecule has 4 heterocycles. The number of pyridine rings is 2. The summed E-state index contributed by atoms with van der Waals surface area (Å²) in [5, 5.41) is 5.59. The molecule has 40 heavy (non-hydrogen) atoms. The molecule has 4 rings (SSSR count). The third kappa shape index (κ3) is 7.49. The first kappa shape index (κ1) is 29.8. The molecule has 1 unspecified atom stereocenters. The maximum atomic E-state index is 13.8. The van der Waals surface area contributed by atoms with Crippen LogP contribution in [0, 0.1) is 5.92 Å². The van der Waals surface area contributed by atoms with Gasteiger partial charge >= 0.3 is 6.09 Å². The van der Waals surface area contributed by atoms with Gasteiger partial charge < -0.3 is 24.1 Å². The van der Waals surface area contributed by atoms with Gasteiger partial charge in [-0.3, -0.25) is 24.4 Å². The van der Waals surface area contributed by atoms with Gasteiger partial charge in [-0.25, -0.2) is 4.79 Å². The minimum absolute atomic E-state index is 0.0381. The van der Waals surface area contributed by atoms with E-state index in [1.807, 2.05) is 12.1 Å². The van der Waals surface area contributed by atoms with Gasteiger partial charge in [-0.15, -0.1) is 0 Å². The Balaban J connectivity index is 1.66. The minimum atomic E-state index is -0.737. The monoisotopic (exact) mass is 616 g/mol. The first-order valence-electron chi connectivity index (χ1n) is 13.3. The van der Waals surface area contributed by atoms with Crippen LogP contribution in [0.4, 0.5) is 22.1 Å². The van der Waals surface area contributed by atoms with Crippen LogP contribution in [0.1, 0.15) is 56.5 Å². The number of nitrogens with zero attached hydrogens (tertiary/aromatic N) is 3. The molecule has 1 aliphatic rings. The van der Waals surface area contributed by atoms with Gasteiger partial charge in [0, 0.05) is 61.4 Å². The lowest BCUT2D eigenvalue weighted by Gasteiger charge is -2.38. The first-order chi connectivity index (χ1) is 19.1. The highest BCUT2D eigenvalue weighted by atomic mass is 79.9. The molecule has 3 N–H and O–H groups in total. The van der Waals surface area contributed by atoms with Crippen LogP contribution in [0.2, 0.25) is 0 Å². The number of nitrogens with one attached hydrogen (secondary N) is 3. The predicted octanol–water partition coefficient (Wildman–Crippen LogP) is 5.52. The van der Waals surface area contributed by atoms with Gasteiger partial charge in [-0.1, -0.05) is 6.92 Å². The highest BCUT2D eigenvalue weighted by molar-refractivity contribution is 9.08. The van der Waals surface area contributed by atoms with Gasteiger partial charge in [0.1, 0.15) is 16.7 Å². The summed E-state index contributed by atoms with van der Waals surface area (Å²) in [5.74, 6) is -0.0759. The molecule has 0 aliphatic carbocycles. The number of fused-ring (bicyclic) bond motifs is 1. The van der Waals surface area contributed by atoms with Crippen LogP contribution < -0.4 is 19.9 Å². The molecule has 2 atom stereocenters. The predicted molar refractivity (Wildman–Crippen MR) is 158 cm³/mol. The van der Waals surface area contributed by atoms with E-state index in [1.165, 1.54) is 0 Å². The van der Waals surface area contributed by atoms with Gasteiger partial charge in [-0.05, 0) is 63.6 Å². The fourth-order valence-corrected chi connectivity index (χ4v) is 5.17. The van der Waals surface area contributed by atoms with E-state index < -0.39 is 17.6 Å². The Hall–Kier alpha value is -3.22. The Morgan fingerprint density at radius 2 is 2.02 bits per heavy atom. The molecule has 12 heteroatoms. The van der Waals surface area contributed by atoms with E-state index in [-0.39, 0.29) is 17.5 Å². The number of aryl methyl sites for hydroxylation is 1. The summed E-state index contributed by atoms with van der Waals surface area (Å²) in [6, 6.07) is 3.97. The second kappa shape index (κ2) is 13.0. The number of anilines is 3. The lowest BCUT2D eigenvalue weighted by molar-refractivity contribution is 0.0633. The molecular weight excluding hydrogens is 580 g/mol. The SMILES string of the molecule is COCCCc1cnc2c(C(=O)Nc3cnccc3N3CC(NBr)C[C@@H](C)C3)c(NC(=O)OC(C)(C)C)oc2c1. The molecule has 2 amide bonds. The molecule has 0 spiro atoms. The Kier molecular flexibility index (Phi) is 9.64. The lowest BCUT2D eigenvalue weighted by atomic mass is 9.96. The van der Waals surface area contributed by atoms with Crippen molar-refractivity contribution in [2.75, 3.05) is 42.3 Å². The number of hydrogen-bond acceptors (Lipinski definition) is 9. The van der Waals surface area contributed by atoms with Crippen molar-refractivity contribution in [2.45, 2.75) is 58.6 Å². The second-order valence-corrected chi connectivity index (χ2v) is 11.6. The molecule has 0 bridgehead atoms. The number of carbonyl (C=O) groups is 2. The van der Waals surface area contributed by atoms with Crippen molar-refractivity contribution in [2.24, 2.45) is 5.92 Å².